The number of hydrogen-bond acceptors (Lipinski definition) is 5. The fourth-order valence-electron chi connectivity index (χ4n) is 0.934. The van der Waals surface area contributed by atoms with Gasteiger partial charge in [-0.1, -0.05) is 12.7 Å². The van der Waals surface area contributed by atoms with E-state index in [9.17, 15) is 18.0 Å². The number of esters is 1. The van der Waals surface area contributed by atoms with Crippen molar-refractivity contribution < 1.29 is 32.4 Å². The highest BCUT2D eigenvalue weighted by Crippen LogP contribution is 2.09. The van der Waals surface area contributed by atoms with E-state index in [-0.39, 0.29) is 6.61 Å². The minimum Gasteiger partial charge on any atom is -0.481 e. The van der Waals surface area contributed by atoms with Gasteiger partial charge in [-0.25, -0.2) is 0 Å². The van der Waals surface area contributed by atoms with Gasteiger partial charge >= 0.3 is 11.9 Å². The van der Waals surface area contributed by atoms with Crippen molar-refractivity contribution in [3.8, 4) is 0 Å². The summed E-state index contributed by atoms with van der Waals surface area (Å²) in [5, 5.41) is 8.45. The second-order valence-electron chi connectivity index (χ2n) is 2.96. The molecular weight excluding hydrogens is 240 g/mol. The standard InChI is InChI=1S/C8H12O7S/c1-2-3-15-8(11)6(4-7(9)10)5-16(12,13)14/h2,6H,1,3-5H2,(H,9,10)(H,12,13,14). The smallest absolute Gasteiger partial charge is 0.310 e. The average Bonchev–Trinajstić information content (AvgIpc) is 2.10. The third-order valence-electron chi connectivity index (χ3n) is 1.51. The number of carbonyl (C=O) groups excluding carboxylic acids is 1. The van der Waals surface area contributed by atoms with Crippen LogP contribution in [0, 0.1) is 5.92 Å². The molecule has 0 aromatic carbocycles. The molecule has 0 aliphatic heterocycles. The largest absolute Gasteiger partial charge is 0.481 e. The number of ether oxygens (including phenoxy) is 1. The molecule has 1 atom stereocenters. The Labute approximate surface area is 92.5 Å². The second-order valence-corrected chi connectivity index (χ2v) is 4.46. The minimum absolute atomic E-state index is 0.152. The normalized spacial score (nSPS) is 12.8. The zero-order valence-corrected chi connectivity index (χ0v) is 9.14. The molecule has 1 unspecified atom stereocenters. The number of carboxylic acids is 1. The zero-order chi connectivity index (χ0) is 12.8. The Hall–Kier alpha value is -1.41. The Morgan fingerprint density at radius 3 is 2.38 bits per heavy atom. The first kappa shape index (κ1) is 14.6. The van der Waals surface area contributed by atoms with E-state index >= 15 is 0 Å². The van der Waals surface area contributed by atoms with Crippen molar-refractivity contribution in [2.24, 2.45) is 5.92 Å². The Bertz CT molecular complexity index is 370. The summed E-state index contributed by atoms with van der Waals surface area (Å²) in [5.41, 5.74) is 0. The molecule has 0 heterocycles. The van der Waals surface area contributed by atoms with Gasteiger partial charge in [0, 0.05) is 0 Å². The Balaban J connectivity index is 4.59. The van der Waals surface area contributed by atoms with Gasteiger partial charge in [0.15, 0.2) is 0 Å². The summed E-state index contributed by atoms with van der Waals surface area (Å²) in [6.07, 6.45) is 0.527. The first-order valence-electron chi connectivity index (χ1n) is 4.20. The highest BCUT2D eigenvalue weighted by molar-refractivity contribution is 7.85. The van der Waals surface area contributed by atoms with E-state index < -0.39 is 40.1 Å². The molecule has 0 aromatic rings. The van der Waals surface area contributed by atoms with Gasteiger partial charge in [0.2, 0.25) is 0 Å². The lowest BCUT2D eigenvalue weighted by molar-refractivity contribution is -0.151. The Kier molecular flexibility index (Phi) is 5.68. The van der Waals surface area contributed by atoms with Crippen LogP contribution in [0.25, 0.3) is 0 Å². The topological polar surface area (TPSA) is 118 Å². The molecule has 0 rings (SSSR count). The summed E-state index contributed by atoms with van der Waals surface area (Å²) in [5.74, 6) is -4.76. The summed E-state index contributed by atoms with van der Waals surface area (Å²) in [4.78, 5) is 21.6. The summed E-state index contributed by atoms with van der Waals surface area (Å²) in [6, 6.07) is 0. The molecule has 8 heteroatoms. The van der Waals surface area contributed by atoms with Crippen LogP contribution in [-0.2, 0) is 24.4 Å². The van der Waals surface area contributed by atoms with E-state index in [1.54, 1.807) is 0 Å². The van der Waals surface area contributed by atoms with Gasteiger partial charge in [-0.15, -0.1) is 0 Å². The molecule has 0 aliphatic rings. The maximum Gasteiger partial charge on any atom is 0.310 e. The second kappa shape index (κ2) is 6.23. The molecule has 0 radical (unpaired) electrons. The molecule has 0 bridgehead atoms. The average molecular weight is 252 g/mol. The number of carbonyl (C=O) groups is 2. The number of carboxylic acid groups (broad SMARTS) is 1. The molecule has 0 aromatic heterocycles. The van der Waals surface area contributed by atoms with Gasteiger partial charge in [0.25, 0.3) is 10.1 Å². The van der Waals surface area contributed by atoms with Crippen LogP contribution in [0.15, 0.2) is 12.7 Å². The van der Waals surface area contributed by atoms with Crippen molar-refractivity contribution in [1.82, 2.24) is 0 Å². The maximum atomic E-state index is 11.2. The fraction of sp³-hybridized carbons (Fsp3) is 0.500. The van der Waals surface area contributed by atoms with Crippen LogP contribution in [0.2, 0.25) is 0 Å². The maximum absolute atomic E-state index is 11.2. The first-order valence-corrected chi connectivity index (χ1v) is 5.81. The highest BCUT2D eigenvalue weighted by Gasteiger charge is 2.28. The predicted molar refractivity (Wildman–Crippen MR) is 53.3 cm³/mol. The molecule has 92 valence electrons. The summed E-state index contributed by atoms with van der Waals surface area (Å²) in [7, 11) is -4.43. The lowest BCUT2D eigenvalue weighted by Crippen LogP contribution is -2.28. The van der Waals surface area contributed by atoms with E-state index in [0.29, 0.717) is 0 Å². The highest BCUT2D eigenvalue weighted by atomic mass is 32.2. The molecular formula is C8H12O7S. The molecule has 0 saturated carbocycles. The molecule has 2 N–H and O–H groups in total. The third kappa shape index (κ3) is 6.96. The van der Waals surface area contributed by atoms with Gasteiger partial charge in [-0.2, -0.15) is 8.42 Å². The molecule has 0 aliphatic carbocycles. The van der Waals surface area contributed by atoms with Crippen LogP contribution in [-0.4, -0.2) is 42.4 Å². The van der Waals surface area contributed by atoms with Crippen LogP contribution in [0.1, 0.15) is 6.42 Å². The number of rotatable bonds is 7. The third-order valence-corrected chi connectivity index (χ3v) is 2.33. The fourth-order valence-corrected chi connectivity index (χ4v) is 1.70. The molecule has 7 nitrogen and oxygen atoms in total. The van der Waals surface area contributed by atoms with E-state index in [4.69, 9.17) is 9.66 Å². The molecule has 0 spiro atoms. The van der Waals surface area contributed by atoms with Crippen LogP contribution >= 0.6 is 0 Å². The van der Waals surface area contributed by atoms with Crippen LogP contribution in [0.5, 0.6) is 0 Å². The molecule has 0 fully saturated rings. The van der Waals surface area contributed by atoms with Crippen molar-refractivity contribution in [2.75, 3.05) is 12.4 Å². The van der Waals surface area contributed by atoms with E-state index in [0.717, 1.165) is 0 Å². The van der Waals surface area contributed by atoms with Crippen molar-refractivity contribution in [3.63, 3.8) is 0 Å². The lowest BCUT2D eigenvalue weighted by Gasteiger charge is -2.11. The zero-order valence-electron chi connectivity index (χ0n) is 8.33. The minimum atomic E-state index is -4.43. The Morgan fingerprint density at radius 1 is 1.44 bits per heavy atom. The van der Waals surface area contributed by atoms with Crippen LogP contribution in [0.3, 0.4) is 0 Å². The van der Waals surface area contributed by atoms with Crippen molar-refractivity contribution >= 4 is 22.1 Å². The van der Waals surface area contributed by atoms with Gasteiger partial charge in [-0.3, -0.25) is 14.1 Å². The SMILES string of the molecule is C=CCOC(=O)C(CC(=O)O)CS(=O)(=O)O. The van der Waals surface area contributed by atoms with Crippen molar-refractivity contribution in [1.29, 1.82) is 0 Å². The van der Waals surface area contributed by atoms with Gasteiger partial charge in [0.1, 0.15) is 6.61 Å². The van der Waals surface area contributed by atoms with E-state index in [1.807, 2.05) is 0 Å². The summed E-state index contributed by atoms with van der Waals surface area (Å²) < 4.78 is 34.1. The quantitative estimate of drug-likeness (QED) is 0.362. The van der Waals surface area contributed by atoms with Crippen LogP contribution < -0.4 is 0 Å². The van der Waals surface area contributed by atoms with Gasteiger partial charge in [-0.05, 0) is 0 Å². The summed E-state index contributed by atoms with van der Waals surface area (Å²) >= 11 is 0. The molecule has 0 saturated heterocycles. The molecule has 16 heavy (non-hydrogen) atoms. The van der Waals surface area contributed by atoms with Gasteiger partial charge in [0.05, 0.1) is 18.1 Å². The monoisotopic (exact) mass is 252 g/mol. The lowest BCUT2D eigenvalue weighted by atomic mass is 10.1. The number of aliphatic carboxylic acids is 1. The van der Waals surface area contributed by atoms with E-state index in [2.05, 4.69) is 11.3 Å². The Morgan fingerprint density at radius 2 is 2.00 bits per heavy atom. The number of hydrogen-bond donors (Lipinski definition) is 2. The first-order chi connectivity index (χ1) is 7.26. The molecule has 0 amide bonds. The van der Waals surface area contributed by atoms with E-state index in [1.165, 1.54) is 6.08 Å². The van der Waals surface area contributed by atoms with Crippen molar-refractivity contribution in [2.45, 2.75) is 6.42 Å². The van der Waals surface area contributed by atoms with Crippen LogP contribution in [0.4, 0.5) is 0 Å². The predicted octanol–water partition coefficient (Wildman–Crippen LogP) is -0.306. The summed E-state index contributed by atoms with van der Waals surface area (Å²) in [6.45, 7) is 3.11. The van der Waals surface area contributed by atoms with Crippen molar-refractivity contribution in [3.05, 3.63) is 12.7 Å². The van der Waals surface area contributed by atoms with Gasteiger partial charge < -0.3 is 9.84 Å².